The number of hydrogen-bond donors (Lipinski definition) is 1. The zero-order valence-corrected chi connectivity index (χ0v) is 13.9. The number of benzene rings is 2. The number of rotatable bonds is 2. The molecule has 27 heavy (non-hydrogen) atoms. The average Bonchev–Trinajstić information content (AvgIpc) is 2.60. The molecule has 2 aromatic carbocycles. The molecule has 2 aromatic rings. The third-order valence-electron chi connectivity index (χ3n) is 3.55. The van der Waals surface area contributed by atoms with Crippen molar-refractivity contribution in [3.63, 3.8) is 0 Å². The molecular weight excluding hydrogens is 389 g/mol. The van der Waals surface area contributed by atoms with Crippen molar-refractivity contribution in [2.75, 3.05) is 5.32 Å². The maximum absolute atomic E-state index is 12.8. The quantitative estimate of drug-likeness (QED) is 0.619. The van der Waals surface area contributed by atoms with Gasteiger partial charge in [-0.2, -0.15) is 13.2 Å². The minimum atomic E-state index is -4.72. The second-order valence-corrected chi connectivity index (χ2v) is 5.75. The highest BCUT2D eigenvalue weighted by Gasteiger charge is 2.38. The highest BCUT2D eigenvalue weighted by Crippen LogP contribution is 2.37. The molecule has 0 radical (unpaired) electrons. The second kappa shape index (κ2) is 6.84. The van der Waals surface area contributed by atoms with Crippen molar-refractivity contribution in [1.82, 2.24) is 0 Å². The number of ketones is 1. The molecule has 0 fully saturated rings. The standard InChI is InChI=1S/C17H8ClF3N2O4/c18-10-6-9(17(19,20)21)7-11-12(10)14(24)13(15(25)22-11)23-27-16(26)8-4-2-1-3-5-8/h1-7H,(H,22,25). The number of oxime groups is 1. The molecule has 0 aliphatic carbocycles. The Bertz CT molecular complexity index is 988. The lowest BCUT2D eigenvalue weighted by Crippen LogP contribution is -2.36. The van der Waals surface area contributed by atoms with E-state index < -0.39 is 45.8 Å². The molecule has 10 heteroatoms. The van der Waals surface area contributed by atoms with E-state index in [0.717, 1.165) is 0 Å². The van der Waals surface area contributed by atoms with Crippen LogP contribution < -0.4 is 5.32 Å². The van der Waals surface area contributed by atoms with Crippen molar-refractivity contribution in [2.24, 2.45) is 5.16 Å². The van der Waals surface area contributed by atoms with Crippen LogP contribution in [0.4, 0.5) is 18.9 Å². The first-order valence-electron chi connectivity index (χ1n) is 7.29. The summed E-state index contributed by atoms with van der Waals surface area (Å²) in [5.74, 6) is -3.11. The van der Waals surface area contributed by atoms with Crippen LogP contribution in [0.3, 0.4) is 0 Å². The van der Waals surface area contributed by atoms with E-state index >= 15 is 0 Å². The number of halogens is 4. The SMILES string of the molecule is O=C1Nc2cc(C(F)(F)F)cc(Cl)c2C(=O)C1=NOC(=O)c1ccccc1. The number of Topliss-reactive ketones (excluding diaryl/α,β-unsaturated/α-hetero) is 1. The smallest absolute Gasteiger partial charge is 0.320 e. The summed E-state index contributed by atoms with van der Waals surface area (Å²) < 4.78 is 38.5. The molecule has 1 N–H and O–H groups in total. The summed E-state index contributed by atoms with van der Waals surface area (Å²) in [7, 11) is 0. The monoisotopic (exact) mass is 396 g/mol. The summed E-state index contributed by atoms with van der Waals surface area (Å²) in [6.07, 6.45) is -4.72. The number of carbonyl (C=O) groups is 3. The lowest BCUT2D eigenvalue weighted by molar-refractivity contribution is -0.137. The summed E-state index contributed by atoms with van der Waals surface area (Å²) in [4.78, 5) is 40.9. The van der Waals surface area contributed by atoms with Crippen LogP contribution in [0.25, 0.3) is 0 Å². The zero-order valence-electron chi connectivity index (χ0n) is 13.1. The van der Waals surface area contributed by atoms with Crippen LogP contribution in [-0.2, 0) is 15.8 Å². The fourth-order valence-corrected chi connectivity index (χ4v) is 2.60. The Morgan fingerprint density at radius 2 is 1.78 bits per heavy atom. The van der Waals surface area contributed by atoms with Crippen LogP contribution in [0.15, 0.2) is 47.6 Å². The molecule has 0 unspecified atom stereocenters. The Hall–Kier alpha value is -3.20. The molecule has 0 bridgehead atoms. The Morgan fingerprint density at radius 3 is 2.41 bits per heavy atom. The number of carbonyl (C=O) groups excluding carboxylic acids is 3. The van der Waals surface area contributed by atoms with Crippen LogP contribution >= 0.6 is 11.6 Å². The molecular formula is C17H8ClF3N2O4. The van der Waals surface area contributed by atoms with Gasteiger partial charge < -0.3 is 10.2 Å². The van der Waals surface area contributed by atoms with E-state index in [2.05, 4.69) is 15.3 Å². The molecule has 0 saturated heterocycles. The molecule has 0 atom stereocenters. The van der Waals surface area contributed by atoms with Crippen molar-refractivity contribution in [3.8, 4) is 0 Å². The number of nitrogens with one attached hydrogen (secondary N) is 1. The summed E-state index contributed by atoms with van der Waals surface area (Å²) in [5.41, 5.74) is -2.60. The molecule has 0 saturated carbocycles. The molecule has 1 amide bonds. The maximum Gasteiger partial charge on any atom is 0.416 e. The lowest BCUT2D eigenvalue weighted by atomic mass is 9.98. The molecule has 138 valence electrons. The zero-order chi connectivity index (χ0) is 19.8. The Morgan fingerprint density at radius 1 is 1.11 bits per heavy atom. The number of amides is 1. The highest BCUT2D eigenvalue weighted by molar-refractivity contribution is 6.73. The minimum absolute atomic E-state index is 0.124. The van der Waals surface area contributed by atoms with Crippen molar-refractivity contribution in [2.45, 2.75) is 6.18 Å². The number of anilines is 1. The van der Waals surface area contributed by atoms with E-state index in [-0.39, 0.29) is 11.1 Å². The molecule has 1 aliphatic heterocycles. The maximum atomic E-state index is 12.8. The predicted molar refractivity (Wildman–Crippen MR) is 88.7 cm³/mol. The third kappa shape index (κ3) is 3.68. The fraction of sp³-hybridized carbons (Fsp3) is 0.0588. The van der Waals surface area contributed by atoms with Gasteiger partial charge in [0.25, 0.3) is 5.91 Å². The summed E-state index contributed by atoms with van der Waals surface area (Å²) in [6, 6.07) is 8.79. The van der Waals surface area contributed by atoms with Crippen LogP contribution in [0.5, 0.6) is 0 Å². The predicted octanol–water partition coefficient (Wildman–Crippen LogP) is 3.71. The van der Waals surface area contributed by atoms with Crippen molar-refractivity contribution in [1.29, 1.82) is 0 Å². The summed E-state index contributed by atoms with van der Waals surface area (Å²) in [6.45, 7) is 0. The van der Waals surface area contributed by atoms with Gasteiger partial charge in [0.15, 0.2) is 0 Å². The van der Waals surface area contributed by atoms with Crippen molar-refractivity contribution < 1.29 is 32.4 Å². The second-order valence-electron chi connectivity index (χ2n) is 5.35. The topological polar surface area (TPSA) is 84.8 Å². The molecule has 1 heterocycles. The lowest BCUT2D eigenvalue weighted by Gasteiger charge is -2.19. The van der Waals surface area contributed by atoms with E-state index in [1.54, 1.807) is 18.2 Å². The van der Waals surface area contributed by atoms with Crippen LogP contribution in [-0.4, -0.2) is 23.4 Å². The van der Waals surface area contributed by atoms with E-state index in [4.69, 9.17) is 11.6 Å². The largest absolute Gasteiger partial charge is 0.416 e. The van der Waals surface area contributed by atoms with Gasteiger partial charge in [0.05, 0.1) is 27.4 Å². The van der Waals surface area contributed by atoms with Gasteiger partial charge in [-0.3, -0.25) is 9.59 Å². The van der Waals surface area contributed by atoms with Crippen molar-refractivity contribution in [3.05, 3.63) is 64.2 Å². The number of fused-ring (bicyclic) bond motifs is 1. The number of alkyl halides is 3. The van der Waals surface area contributed by atoms with Gasteiger partial charge in [-0.05, 0) is 24.3 Å². The third-order valence-corrected chi connectivity index (χ3v) is 3.85. The first-order chi connectivity index (χ1) is 12.7. The van der Waals surface area contributed by atoms with Crippen LogP contribution in [0, 0.1) is 0 Å². The van der Waals surface area contributed by atoms with E-state index in [0.29, 0.717) is 12.1 Å². The average molecular weight is 397 g/mol. The molecule has 6 nitrogen and oxygen atoms in total. The Labute approximate surface area is 154 Å². The molecule has 0 spiro atoms. The fourth-order valence-electron chi connectivity index (χ4n) is 2.30. The molecule has 1 aliphatic rings. The Balaban J connectivity index is 1.93. The van der Waals surface area contributed by atoms with Gasteiger partial charge >= 0.3 is 12.1 Å². The van der Waals surface area contributed by atoms with Crippen LogP contribution in [0.1, 0.15) is 26.3 Å². The van der Waals surface area contributed by atoms with E-state index in [1.807, 2.05) is 0 Å². The van der Waals surface area contributed by atoms with Gasteiger partial charge in [0, 0.05) is 0 Å². The normalized spacial score (nSPS) is 15.3. The molecule has 3 rings (SSSR count). The highest BCUT2D eigenvalue weighted by atomic mass is 35.5. The van der Waals surface area contributed by atoms with Gasteiger partial charge in [0.1, 0.15) is 0 Å². The van der Waals surface area contributed by atoms with Crippen molar-refractivity contribution >= 4 is 40.7 Å². The van der Waals surface area contributed by atoms with Gasteiger partial charge in [-0.15, -0.1) is 0 Å². The first kappa shape index (κ1) is 18.6. The Kier molecular flexibility index (Phi) is 4.71. The van der Waals surface area contributed by atoms with E-state index in [9.17, 15) is 27.6 Å². The summed E-state index contributed by atoms with van der Waals surface area (Å²) in [5, 5.41) is 4.83. The number of hydrogen-bond acceptors (Lipinski definition) is 5. The minimum Gasteiger partial charge on any atom is -0.320 e. The number of nitrogens with zero attached hydrogens (tertiary/aromatic N) is 1. The van der Waals surface area contributed by atoms with Crippen LogP contribution in [0.2, 0.25) is 5.02 Å². The van der Waals surface area contributed by atoms with Gasteiger partial charge in [-0.25, -0.2) is 4.79 Å². The molecule has 0 aromatic heterocycles. The first-order valence-corrected chi connectivity index (χ1v) is 7.67. The van der Waals surface area contributed by atoms with Gasteiger partial charge in [-0.1, -0.05) is 35.0 Å². The summed E-state index contributed by atoms with van der Waals surface area (Å²) >= 11 is 5.78. The van der Waals surface area contributed by atoms with Gasteiger partial charge in [0.2, 0.25) is 11.5 Å². The van der Waals surface area contributed by atoms with E-state index in [1.165, 1.54) is 12.1 Å².